The number of amides is 2. The van der Waals surface area contributed by atoms with Gasteiger partial charge in [0.25, 0.3) is 11.8 Å². The molecule has 4 heterocycles. The lowest BCUT2D eigenvalue weighted by molar-refractivity contribution is 0.0953. The first-order valence-electron chi connectivity index (χ1n) is 11.1. The van der Waals surface area contributed by atoms with E-state index in [1.165, 1.54) is 58.9 Å². The van der Waals surface area contributed by atoms with Crippen molar-refractivity contribution in [3.63, 3.8) is 0 Å². The maximum atomic E-state index is 13.8. The van der Waals surface area contributed by atoms with Crippen LogP contribution in [0.15, 0.2) is 109 Å². The number of para-hydroxylation sites is 2. The van der Waals surface area contributed by atoms with Crippen LogP contribution in [0.3, 0.4) is 0 Å². The van der Waals surface area contributed by atoms with Crippen molar-refractivity contribution in [2.45, 2.75) is 0 Å². The molecule has 8 heteroatoms. The summed E-state index contributed by atoms with van der Waals surface area (Å²) in [4.78, 5) is 65.4. The first-order chi connectivity index (χ1) is 17.6. The summed E-state index contributed by atoms with van der Waals surface area (Å²) in [5.74, 6) is -2.06. The van der Waals surface area contributed by atoms with Crippen LogP contribution in [-0.4, -0.2) is 33.3 Å². The molecule has 2 aromatic heterocycles. The predicted molar refractivity (Wildman–Crippen MR) is 131 cm³/mol. The molecule has 0 N–H and O–H groups in total. The smallest absolute Gasteiger partial charge is 0.263 e. The Hall–Kier alpha value is -5.24. The molecule has 0 spiro atoms. The predicted octanol–water partition coefficient (Wildman–Crippen LogP) is 4.07. The molecule has 172 valence electrons. The highest BCUT2D eigenvalue weighted by molar-refractivity contribution is 6.35. The zero-order valence-corrected chi connectivity index (χ0v) is 18.7. The van der Waals surface area contributed by atoms with Crippen LogP contribution in [0.5, 0.6) is 0 Å². The van der Waals surface area contributed by atoms with E-state index < -0.39 is 23.4 Å². The summed E-state index contributed by atoms with van der Waals surface area (Å²) in [5, 5.41) is 0. The van der Waals surface area contributed by atoms with Gasteiger partial charge in [0.1, 0.15) is 11.4 Å². The molecule has 2 amide bonds. The quantitative estimate of drug-likeness (QED) is 0.408. The van der Waals surface area contributed by atoms with Crippen LogP contribution in [-0.2, 0) is 0 Å². The SMILES string of the molecule is O=C1/C(=C2/C(=O)c3ccccc3N2C(=O)c2ccncc2)N(C(=O)c2ccncc2)c2ccccc21. The number of hydrogen-bond acceptors (Lipinski definition) is 6. The van der Waals surface area contributed by atoms with Gasteiger partial charge >= 0.3 is 0 Å². The minimum Gasteiger partial charge on any atom is -0.287 e. The first kappa shape index (κ1) is 21.3. The number of aromatic nitrogens is 2. The second kappa shape index (κ2) is 8.21. The lowest BCUT2D eigenvalue weighted by Gasteiger charge is -2.24. The normalized spacial score (nSPS) is 16.2. The Morgan fingerprint density at radius 2 is 0.889 bits per heavy atom. The molecule has 8 nitrogen and oxygen atoms in total. The van der Waals surface area contributed by atoms with Gasteiger partial charge < -0.3 is 0 Å². The zero-order valence-electron chi connectivity index (χ0n) is 18.7. The summed E-state index contributed by atoms with van der Waals surface area (Å²) in [6.45, 7) is 0. The maximum absolute atomic E-state index is 13.8. The van der Waals surface area contributed by atoms with E-state index in [0.717, 1.165) is 0 Å². The number of allylic oxidation sites excluding steroid dienone is 2. The van der Waals surface area contributed by atoms with E-state index in [9.17, 15) is 19.2 Å². The number of nitrogens with zero attached hydrogens (tertiary/aromatic N) is 4. The van der Waals surface area contributed by atoms with Crippen LogP contribution in [0.2, 0.25) is 0 Å². The van der Waals surface area contributed by atoms with E-state index >= 15 is 0 Å². The molecule has 36 heavy (non-hydrogen) atoms. The van der Waals surface area contributed by atoms with Crippen LogP contribution < -0.4 is 9.80 Å². The molecule has 0 aliphatic carbocycles. The third-order valence-electron chi connectivity index (χ3n) is 6.14. The van der Waals surface area contributed by atoms with Crippen molar-refractivity contribution in [3.8, 4) is 0 Å². The van der Waals surface area contributed by atoms with Crippen molar-refractivity contribution in [1.82, 2.24) is 9.97 Å². The number of anilines is 2. The minimum atomic E-state index is -0.517. The van der Waals surface area contributed by atoms with Gasteiger partial charge in [-0.25, -0.2) is 0 Å². The van der Waals surface area contributed by atoms with Crippen molar-refractivity contribution in [1.29, 1.82) is 0 Å². The maximum Gasteiger partial charge on any atom is 0.263 e. The van der Waals surface area contributed by atoms with Crippen molar-refractivity contribution >= 4 is 34.8 Å². The number of pyridine rings is 2. The number of benzene rings is 2. The highest BCUT2D eigenvalue weighted by Gasteiger charge is 2.46. The zero-order chi connectivity index (χ0) is 24.8. The Kier molecular flexibility index (Phi) is 4.86. The molecule has 0 bridgehead atoms. The summed E-state index contributed by atoms with van der Waals surface area (Å²) in [6, 6.07) is 19.4. The molecule has 0 radical (unpaired) electrons. The fourth-order valence-corrected chi connectivity index (χ4v) is 4.52. The molecule has 0 unspecified atom stereocenters. The van der Waals surface area contributed by atoms with Gasteiger partial charge in [0.05, 0.1) is 11.4 Å². The third kappa shape index (κ3) is 3.08. The highest BCUT2D eigenvalue weighted by Crippen LogP contribution is 2.43. The van der Waals surface area contributed by atoms with Gasteiger partial charge in [-0.15, -0.1) is 0 Å². The van der Waals surface area contributed by atoms with E-state index in [1.54, 1.807) is 48.5 Å². The molecule has 6 rings (SSSR count). The monoisotopic (exact) mass is 472 g/mol. The topological polar surface area (TPSA) is 101 Å². The van der Waals surface area contributed by atoms with Crippen LogP contribution in [0, 0.1) is 0 Å². The number of rotatable bonds is 2. The summed E-state index contributed by atoms with van der Waals surface area (Å²) in [6.07, 6.45) is 5.89. The molecule has 0 fully saturated rings. The Bertz CT molecular complexity index is 1490. The van der Waals surface area contributed by atoms with Gasteiger partial charge in [-0.2, -0.15) is 0 Å². The van der Waals surface area contributed by atoms with Gasteiger partial charge in [-0.3, -0.25) is 38.9 Å². The van der Waals surface area contributed by atoms with E-state index in [2.05, 4.69) is 9.97 Å². The molecule has 0 saturated carbocycles. The van der Waals surface area contributed by atoms with E-state index in [-0.39, 0.29) is 33.6 Å². The molecule has 2 aliphatic heterocycles. The number of carbonyl (C=O) groups is 4. The van der Waals surface area contributed by atoms with E-state index in [4.69, 9.17) is 0 Å². The van der Waals surface area contributed by atoms with Gasteiger partial charge in [-0.1, -0.05) is 24.3 Å². The summed E-state index contributed by atoms with van der Waals surface area (Å²) in [7, 11) is 0. The first-order valence-corrected chi connectivity index (χ1v) is 11.1. The van der Waals surface area contributed by atoms with Gasteiger partial charge in [-0.05, 0) is 48.5 Å². The molecule has 2 aliphatic rings. The summed E-state index contributed by atoms with van der Waals surface area (Å²) in [5.41, 5.74) is 1.44. The summed E-state index contributed by atoms with van der Waals surface area (Å²) >= 11 is 0. The van der Waals surface area contributed by atoms with Gasteiger partial charge in [0.15, 0.2) is 0 Å². The molecule has 4 aromatic rings. The molecule has 0 atom stereocenters. The lowest BCUT2D eigenvalue weighted by atomic mass is 10.1. The number of Topliss-reactive ketones (excluding diaryl/α,β-unsaturated/α-hetero) is 2. The average Bonchev–Trinajstić information content (AvgIpc) is 3.39. The lowest BCUT2D eigenvalue weighted by Crippen LogP contribution is -2.36. The average molecular weight is 472 g/mol. The van der Waals surface area contributed by atoms with Crippen LogP contribution >= 0.6 is 0 Å². The largest absolute Gasteiger partial charge is 0.287 e. The Morgan fingerprint density at radius 3 is 1.28 bits per heavy atom. The minimum absolute atomic E-state index is 0.165. The highest BCUT2D eigenvalue weighted by atomic mass is 16.2. The van der Waals surface area contributed by atoms with Crippen LogP contribution in [0.4, 0.5) is 11.4 Å². The number of carbonyl (C=O) groups excluding carboxylic acids is 4. The Labute approximate surface area is 205 Å². The standard InChI is InChI=1S/C28H16N4O4/c33-25-19-5-1-3-7-21(19)31(27(35)17-9-13-29-14-10-17)23(25)24-26(34)20-6-2-4-8-22(20)32(24)28(36)18-11-15-30-16-12-18/h1-16H/b24-23+. The molecule has 0 saturated heterocycles. The number of fused-ring (bicyclic) bond motifs is 2. The number of hydrogen-bond donors (Lipinski definition) is 0. The number of ketones is 2. The van der Waals surface area contributed by atoms with E-state index in [1.807, 2.05) is 0 Å². The Morgan fingerprint density at radius 1 is 0.528 bits per heavy atom. The Balaban J connectivity index is 1.63. The molecule has 2 aromatic carbocycles. The third-order valence-corrected chi connectivity index (χ3v) is 6.14. The van der Waals surface area contributed by atoms with Crippen molar-refractivity contribution in [2.24, 2.45) is 0 Å². The second-order valence-corrected chi connectivity index (χ2v) is 8.14. The molecular weight excluding hydrogens is 456 g/mol. The van der Waals surface area contributed by atoms with Crippen LogP contribution in [0.25, 0.3) is 0 Å². The molecular formula is C28H16N4O4. The second-order valence-electron chi connectivity index (χ2n) is 8.14. The van der Waals surface area contributed by atoms with E-state index in [0.29, 0.717) is 11.4 Å². The van der Waals surface area contributed by atoms with Gasteiger partial charge in [0, 0.05) is 47.0 Å². The van der Waals surface area contributed by atoms with Crippen LogP contribution in [0.1, 0.15) is 41.4 Å². The van der Waals surface area contributed by atoms with Crippen molar-refractivity contribution < 1.29 is 19.2 Å². The van der Waals surface area contributed by atoms with Crippen molar-refractivity contribution in [3.05, 3.63) is 131 Å². The van der Waals surface area contributed by atoms with Crippen molar-refractivity contribution in [2.75, 3.05) is 9.80 Å². The summed E-state index contributed by atoms with van der Waals surface area (Å²) < 4.78 is 0. The fraction of sp³-hybridized carbons (Fsp3) is 0. The fourth-order valence-electron chi connectivity index (χ4n) is 4.52. The van der Waals surface area contributed by atoms with Gasteiger partial charge in [0.2, 0.25) is 11.6 Å².